The van der Waals surface area contributed by atoms with Gasteiger partial charge in [-0.1, -0.05) is 0 Å². The van der Waals surface area contributed by atoms with Crippen LogP contribution in [0.25, 0.3) is 0 Å². The van der Waals surface area contributed by atoms with Gasteiger partial charge in [-0.3, -0.25) is 0 Å². The number of hydrogen-bond donors (Lipinski definition) is 3. The van der Waals surface area contributed by atoms with Crippen LogP contribution in [0.15, 0.2) is 0 Å². The van der Waals surface area contributed by atoms with Crippen LogP contribution in [0.2, 0.25) is 0 Å². The molecule has 1 aliphatic rings. The van der Waals surface area contributed by atoms with Crippen LogP contribution in [0.5, 0.6) is 0 Å². The van der Waals surface area contributed by atoms with Gasteiger partial charge in [0.05, 0.1) is 6.10 Å². The average Bonchev–Trinajstić information content (AvgIpc) is 2.35. The minimum Gasteiger partial charge on any atom is -0.393 e. The van der Waals surface area contributed by atoms with Crippen LogP contribution in [-0.2, 0) is 10.2 Å². The van der Waals surface area contributed by atoms with Crippen molar-refractivity contribution in [1.82, 2.24) is 9.44 Å². The summed E-state index contributed by atoms with van der Waals surface area (Å²) in [6, 6.07) is -0.113. The zero-order valence-corrected chi connectivity index (χ0v) is 7.76. The van der Waals surface area contributed by atoms with E-state index in [9.17, 15) is 8.42 Å². The summed E-state index contributed by atoms with van der Waals surface area (Å²) in [5, 5.41) is 9.11. The molecule has 0 heterocycles. The van der Waals surface area contributed by atoms with Gasteiger partial charge in [0.1, 0.15) is 0 Å². The molecule has 0 aromatic carbocycles. The van der Waals surface area contributed by atoms with E-state index in [0.717, 1.165) is 0 Å². The molecule has 5 nitrogen and oxygen atoms in total. The number of aliphatic hydroxyl groups excluding tert-OH is 1. The Morgan fingerprint density at radius 3 is 2.50 bits per heavy atom. The molecule has 2 atom stereocenters. The molecule has 1 saturated carbocycles. The van der Waals surface area contributed by atoms with E-state index in [1.807, 2.05) is 0 Å². The SMILES string of the molecule is CNS(=O)(=O)N[C@H]1CC[C@@H](O)C1. The summed E-state index contributed by atoms with van der Waals surface area (Å²) < 4.78 is 26.5. The topological polar surface area (TPSA) is 78.4 Å². The predicted molar refractivity (Wildman–Crippen MR) is 44.8 cm³/mol. The number of rotatable bonds is 3. The zero-order chi connectivity index (χ0) is 9.19. The van der Waals surface area contributed by atoms with Crippen LogP contribution < -0.4 is 9.44 Å². The standard InChI is InChI=1S/C6H14N2O3S/c1-7-12(10,11)8-5-2-3-6(9)4-5/h5-9H,2-4H2,1H3/t5-,6+/m0/s1. The summed E-state index contributed by atoms with van der Waals surface area (Å²) in [4.78, 5) is 0. The van der Waals surface area contributed by atoms with Gasteiger partial charge in [0, 0.05) is 13.1 Å². The highest BCUT2D eigenvalue weighted by molar-refractivity contribution is 7.87. The van der Waals surface area contributed by atoms with Gasteiger partial charge in [-0.25, -0.2) is 4.72 Å². The highest BCUT2D eigenvalue weighted by Crippen LogP contribution is 2.18. The average molecular weight is 194 g/mol. The molecule has 72 valence electrons. The quantitative estimate of drug-likeness (QED) is 0.536. The first-order chi connectivity index (χ1) is 5.53. The molecule has 0 unspecified atom stereocenters. The van der Waals surface area contributed by atoms with Crippen molar-refractivity contribution in [2.45, 2.75) is 31.4 Å². The van der Waals surface area contributed by atoms with E-state index in [-0.39, 0.29) is 12.1 Å². The van der Waals surface area contributed by atoms with Crippen molar-refractivity contribution in [2.75, 3.05) is 7.05 Å². The Kier molecular flexibility index (Phi) is 3.05. The van der Waals surface area contributed by atoms with Crippen LogP contribution in [0.4, 0.5) is 0 Å². The van der Waals surface area contributed by atoms with E-state index in [4.69, 9.17) is 5.11 Å². The van der Waals surface area contributed by atoms with Crippen LogP contribution in [-0.4, -0.2) is 32.7 Å². The van der Waals surface area contributed by atoms with Crippen LogP contribution in [0.3, 0.4) is 0 Å². The van der Waals surface area contributed by atoms with Gasteiger partial charge in [-0.15, -0.1) is 0 Å². The molecule has 1 fully saturated rings. The second-order valence-corrected chi connectivity index (χ2v) is 4.64. The molecule has 3 N–H and O–H groups in total. The first-order valence-corrected chi connectivity index (χ1v) is 5.40. The third-order valence-electron chi connectivity index (χ3n) is 2.00. The van der Waals surface area contributed by atoms with Crippen molar-refractivity contribution in [3.63, 3.8) is 0 Å². The largest absolute Gasteiger partial charge is 0.393 e. The maximum atomic E-state index is 11.0. The van der Waals surface area contributed by atoms with E-state index in [2.05, 4.69) is 9.44 Å². The van der Waals surface area contributed by atoms with Gasteiger partial charge in [-0.2, -0.15) is 13.1 Å². The molecule has 6 heteroatoms. The van der Waals surface area contributed by atoms with Gasteiger partial charge >= 0.3 is 0 Å². The summed E-state index contributed by atoms with van der Waals surface area (Å²) in [5.41, 5.74) is 0. The Bertz CT molecular complexity index is 239. The summed E-state index contributed by atoms with van der Waals surface area (Å²) in [6.07, 6.45) is 1.55. The van der Waals surface area contributed by atoms with Gasteiger partial charge < -0.3 is 5.11 Å². The number of aliphatic hydroxyl groups is 1. The molecule has 0 amide bonds. The van der Waals surface area contributed by atoms with Gasteiger partial charge in [0.25, 0.3) is 10.2 Å². The highest BCUT2D eigenvalue weighted by Gasteiger charge is 2.25. The number of nitrogens with one attached hydrogen (secondary N) is 2. The molecule has 1 rings (SSSR count). The maximum Gasteiger partial charge on any atom is 0.276 e. The van der Waals surface area contributed by atoms with Crippen molar-refractivity contribution < 1.29 is 13.5 Å². The first-order valence-electron chi connectivity index (χ1n) is 3.92. The molecular weight excluding hydrogens is 180 g/mol. The second-order valence-electron chi connectivity index (χ2n) is 2.99. The first kappa shape index (κ1) is 9.91. The summed E-state index contributed by atoms with van der Waals surface area (Å²) >= 11 is 0. The third kappa shape index (κ3) is 2.71. The normalized spacial score (nSPS) is 30.8. The molecule has 0 aliphatic heterocycles. The van der Waals surface area contributed by atoms with Crippen molar-refractivity contribution in [1.29, 1.82) is 0 Å². The van der Waals surface area contributed by atoms with Crippen LogP contribution >= 0.6 is 0 Å². The molecule has 0 aromatic heterocycles. The fourth-order valence-corrected chi connectivity index (χ4v) is 2.11. The Morgan fingerprint density at radius 2 is 2.08 bits per heavy atom. The molecule has 0 bridgehead atoms. The van der Waals surface area contributed by atoms with E-state index in [0.29, 0.717) is 19.3 Å². The van der Waals surface area contributed by atoms with Crippen molar-refractivity contribution in [3.8, 4) is 0 Å². The minimum absolute atomic E-state index is 0.113. The van der Waals surface area contributed by atoms with Crippen molar-refractivity contribution >= 4 is 10.2 Å². The molecule has 0 radical (unpaired) electrons. The van der Waals surface area contributed by atoms with Gasteiger partial charge in [-0.05, 0) is 19.3 Å². The molecular formula is C6H14N2O3S. The zero-order valence-electron chi connectivity index (χ0n) is 6.95. The summed E-state index contributed by atoms with van der Waals surface area (Å²) in [7, 11) is -1.98. The van der Waals surface area contributed by atoms with Gasteiger partial charge in [0.2, 0.25) is 0 Å². The van der Waals surface area contributed by atoms with Crippen molar-refractivity contribution in [2.24, 2.45) is 0 Å². The Hall–Kier alpha value is -0.170. The predicted octanol–water partition coefficient (Wildman–Crippen LogP) is -1.05. The molecule has 12 heavy (non-hydrogen) atoms. The van der Waals surface area contributed by atoms with E-state index in [1.54, 1.807) is 0 Å². The van der Waals surface area contributed by atoms with Crippen molar-refractivity contribution in [3.05, 3.63) is 0 Å². The van der Waals surface area contributed by atoms with E-state index in [1.165, 1.54) is 7.05 Å². The molecule has 0 spiro atoms. The number of hydrogen-bond acceptors (Lipinski definition) is 3. The molecule has 0 saturated heterocycles. The lowest BCUT2D eigenvalue weighted by Gasteiger charge is -2.10. The minimum atomic E-state index is -3.34. The monoisotopic (exact) mass is 194 g/mol. The molecule has 1 aliphatic carbocycles. The van der Waals surface area contributed by atoms with Crippen LogP contribution in [0.1, 0.15) is 19.3 Å². The van der Waals surface area contributed by atoms with E-state index >= 15 is 0 Å². The fraction of sp³-hybridized carbons (Fsp3) is 1.00. The lowest BCUT2D eigenvalue weighted by Crippen LogP contribution is -2.40. The van der Waals surface area contributed by atoms with Gasteiger partial charge in [0.15, 0.2) is 0 Å². The lowest BCUT2D eigenvalue weighted by atomic mass is 10.3. The van der Waals surface area contributed by atoms with Crippen LogP contribution in [0, 0.1) is 0 Å². The second kappa shape index (κ2) is 3.69. The Morgan fingerprint density at radius 1 is 1.42 bits per heavy atom. The smallest absolute Gasteiger partial charge is 0.276 e. The Labute approximate surface area is 72.3 Å². The maximum absolute atomic E-state index is 11.0. The molecule has 0 aromatic rings. The summed E-state index contributed by atoms with van der Waals surface area (Å²) in [6.45, 7) is 0. The lowest BCUT2D eigenvalue weighted by molar-refractivity contribution is 0.181. The fourth-order valence-electron chi connectivity index (χ4n) is 1.34. The third-order valence-corrected chi connectivity index (χ3v) is 3.18. The Balaban J connectivity index is 2.43. The highest BCUT2D eigenvalue weighted by atomic mass is 32.2. The van der Waals surface area contributed by atoms with E-state index < -0.39 is 10.2 Å². The summed E-state index contributed by atoms with van der Waals surface area (Å²) in [5.74, 6) is 0.